The second-order valence-electron chi connectivity index (χ2n) is 8.15. The maximum Gasteiger partial charge on any atom is 0.246 e. The summed E-state index contributed by atoms with van der Waals surface area (Å²) in [6.07, 6.45) is 6.24. The van der Waals surface area contributed by atoms with Gasteiger partial charge in [0.15, 0.2) is 0 Å². The first-order valence-electron chi connectivity index (χ1n) is 10.6. The minimum atomic E-state index is -3.58. The van der Waals surface area contributed by atoms with Crippen molar-refractivity contribution in [1.29, 1.82) is 0 Å². The van der Waals surface area contributed by atoms with Crippen LogP contribution in [0.2, 0.25) is 0 Å². The molecule has 3 rings (SSSR count). The van der Waals surface area contributed by atoms with E-state index in [1.807, 2.05) is 0 Å². The Morgan fingerprint density at radius 3 is 2.55 bits per heavy atom. The molecule has 1 saturated heterocycles. The summed E-state index contributed by atoms with van der Waals surface area (Å²) < 4.78 is 38.7. The summed E-state index contributed by atoms with van der Waals surface area (Å²) in [5.74, 6) is 1.83. The SMILES string of the molecule is CC(C)COc1ccc(S(=O)(=O)NCC2CCN(C(=O)/C=C/c3ccco3)CC2)cc1. The highest BCUT2D eigenvalue weighted by Gasteiger charge is 2.23. The maximum absolute atomic E-state index is 12.6. The summed E-state index contributed by atoms with van der Waals surface area (Å²) in [6.45, 7) is 6.27. The minimum absolute atomic E-state index is 0.0600. The fourth-order valence-electron chi connectivity index (χ4n) is 3.29. The van der Waals surface area contributed by atoms with E-state index in [2.05, 4.69) is 18.6 Å². The second-order valence-corrected chi connectivity index (χ2v) is 9.91. The molecule has 0 bridgehead atoms. The Kier molecular flexibility index (Phi) is 7.92. The monoisotopic (exact) mass is 446 g/mol. The van der Waals surface area contributed by atoms with Crippen molar-refractivity contribution in [3.63, 3.8) is 0 Å². The Morgan fingerprint density at radius 1 is 1.23 bits per heavy atom. The lowest BCUT2D eigenvalue weighted by Gasteiger charge is -2.31. The molecule has 2 heterocycles. The van der Waals surface area contributed by atoms with Gasteiger partial charge in [0.1, 0.15) is 11.5 Å². The van der Waals surface area contributed by atoms with Gasteiger partial charge < -0.3 is 14.1 Å². The molecule has 0 unspecified atom stereocenters. The molecule has 2 aromatic rings. The van der Waals surface area contributed by atoms with Crippen molar-refractivity contribution in [3.05, 3.63) is 54.5 Å². The van der Waals surface area contributed by atoms with E-state index in [1.54, 1.807) is 53.6 Å². The predicted octanol–water partition coefficient (Wildman–Crippen LogP) is 3.54. The van der Waals surface area contributed by atoms with Crippen LogP contribution in [0.15, 0.2) is 58.1 Å². The first kappa shape index (κ1) is 23.1. The van der Waals surface area contributed by atoms with Crippen molar-refractivity contribution < 1.29 is 22.4 Å². The van der Waals surface area contributed by atoms with Gasteiger partial charge in [-0.3, -0.25) is 4.79 Å². The van der Waals surface area contributed by atoms with Crippen LogP contribution in [0.1, 0.15) is 32.4 Å². The number of amides is 1. The molecule has 1 aliphatic rings. The number of likely N-dealkylation sites (tertiary alicyclic amines) is 1. The van der Waals surface area contributed by atoms with Crippen LogP contribution in [0.25, 0.3) is 6.08 Å². The maximum atomic E-state index is 12.6. The predicted molar refractivity (Wildman–Crippen MR) is 119 cm³/mol. The summed E-state index contributed by atoms with van der Waals surface area (Å²) in [4.78, 5) is 14.3. The van der Waals surface area contributed by atoms with Crippen molar-refractivity contribution in [2.75, 3.05) is 26.2 Å². The summed E-state index contributed by atoms with van der Waals surface area (Å²) in [5.41, 5.74) is 0. The Labute approximate surface area is 184 Å². The van der Waals surface area contributed by atoms with Crippen LogP contribution < -0.4 is 9.46 Å². The summed E-state index contributed by atoms with van der Waals surface area (Å²) in [6, 6.07) is 10.0. The van der Waals surface area contributed by atoms with Gasteiger partial charge in [0.2, 0.25) is 15.9 Å². The molecule has 1 fully saturated rings. The molecule has 0 atom stereocenters. The third-order valence-electron chi connectivity index (χ3n) is 5.14. The largest absolute Gasteiger partial charge is 0.493 e. The number of carbonyl (C=O) groups is 1. The topological polar surface area (TPSA) is 88.9 Å². The van der Waals surface area contributed by atoms with Gasteiger partial charge in [-0.15, -0.1) is 0 Å². The van der Waals surface area contributed by atoms with E-state index in [9.17, 15) is 13.2 Å². The number of nitrogens with one attached hydrogen (secondary N) is 1. The molecule has 0 saturated carbocycles. The summed E-state index contributed by atoms with van der Waals surface area (Å²) in [5, 5.41) is 0. The molecule has 1 aromatic heterocycles. The standard InChI is InChI=1S/C23H30N2O5S/c1-18(2)17-30-21-5-8-22(9-6-21)31(27,28)24-16-19-11-13-25(14-12-19)23(26)10-7-20-4-3-15-29-20/h3-10,15,18-19,24H,11-14,16-17H2,1-2H3/b10-7+. The zero-order chi connectivity index (χ0) is 22.3. The Hall–Kier alpha value is -2.58. The molecule has 1 amide bonds. The van der Waals surface area contributed by atoms with Crippen LogP contribution in [-0.4, -0.2) is 45.5 Å². The third kappa shape index (κ3) is 6.97. The zero-order valence-corrected chi connectivity index (χ0v) is 18.8. The van der Waals surface area contributed by atoms with Gasteiger partial charge in [0.25, 0.3) is 0 Å². The summed E-state index contributed by atoms with van der Waals surface area (Å²) >= 11 is 0. The van der Waals surface area contributed by atoms with Gasteiger partial charge in [0, 0.05) is 25.7 Å². The number of ether oxygens (including phenoxy) is 1. The number of furan rings is 1. The highest BCUT2D eigenvalue weighted by Crippen LogP contribution is 2.20. The highest BCUT2D eigenvalue weighted by atomic mass is 32.2. The lowest BCUT2D eigenvalue weighted by molar-refractivity contribution is -0.127. The molecular weight excluding hydrogens is 416 g/mol. The average Bonchev–Trinajstić information content (AvgIpc) is 3.29. The average molecular weight is 447 g/mol. The molecule has 0 spiro atoms. The third-order valence-corrected chi connectivity index (χ3v) is 6.58. The van der Waals surface area contributed by atoms with E-state index in [0.29, 0.717) is 43.7 Å². The van der Waals surface area contributed by atoms with Crippen LogP contribution in [0, 0.1) is 11.8 Å². The number of nitrogens with zero attached hydrogens (tertiary/aromatic N) is 1. The Morgan fingerprint density at radius 2 is 1.94 bits per heavy atom. The highest BCUT2D eigenvalue weighted by molar-refractivity contribution is 7.89. The van der Waals surface area contributed by atoms with Crippen molar-refractivity contribution in [3.8, 4) is 5.75 Å². The molecule has 1 aliphatic heterocycles. The van der Waals surface area contributed by atoms with Crippen LogP contribution in [-0.2, 0) is 14.8 Å². The Balaban J connectivity index is 1.44. The molecule has 31 heavy (non-hydrogen) atoms. The van der Waals surface area contributed by atoms with Crippen molar-refractivity contribution in [1.82, 2.24) is 9.62 Å². The number of hydrogen-bond donors (Lipinski definition) is 1. The minimum Gasteiger partial charge on any atom is -0.493 e. The molecule has 0 aliphatic carbocycles. The lowest BCUT2D eigenvalue weighted by atomic mass is 9.97. The number of sulfonamides is 1. The molecule has 0 radical (unpaired) electrons. The van der Waals surface area contributed by atoms with E-state index in [1.165, 1.54) is 6.08 Å². The van der Waals surface area contributed by atoms with Crippen molar-refractivity contribution in [2.45, 2.75) is 31.6 Å². The molecular formula is C23H30N2O5S. The molecule has 1 aromatic carbocycles. The van der Waals surface area contributed by atoms with Gasteiger partial charge in [-0.1, -0.05) is 13.8 Å². The van der Waals surface area contributed by atoms with Crippen LogP contribution in [0.3, 0.4) is 0 Å². The fraction of sp³-hybridized carbons (Fsp3) is 0.435. The van der Waals surface area contributed by atoms with Gasteiger partial charge in [0.05, 0.1) is 17.8 Å². The normalized spacial score (nSPS) is 15.6. The fourth-order valence-corrected chi connectivity index (χ4v) is 4.41. The van der Waals surface area contributed by atoms with Gasteiger partial charge >= 0.3 is 0 Å². The first-order chi connectivity index (χ1) is 14.8. The van der Waals surface area contributed by atoms with E-state index < -0.39 is 10.0 Å². The number of rotatable bonds is 9. The summed E-state index contributed by atoms with van der Waals surface area (Å²) in [7, 11) is -3.58. The van der Waals surface area contributed by atoms with E-state index in [0.717, 1.165) is 12.8 Å². The molecule has 1 N–H and O–H groups in total. The van der Waals surface area contributed by atoms with E-state index in [-0.39, 0.29) is 16.7 Å². The van der Waals surface area contributed by atoms with Crippen molar-refractivity contribution in [2.24, 2.45) is 11.8 Å². The molecule has 168 valence electrons. The molecule has 7 nitrogen and oxygen atoms in total. The van der Waals surface area contributed by atoms with Crippen LogP contribution in [0.4, 0.5) is 0 Å². The zero-order valence-electron chi connectivity index (χ0n) is 18.0. The van der Waals surface area contributed by atoms with Crippen LogP contribution in [0.5, 0.6) is 5.75 Å². The van der Waals surface area contributed by atoms with Gasteiger partial charge in [-0.05, 0) is 67.2 Å². The number of piperidine rings is 1. The first-order valence-corrected chi connectivity index (χ1v) is 12.0. The van der Waals surface area contributed by atoms with Crippen LogP contribution >= 0.6 is 0 Å². The number of hydrogen-bond acceptors (Lipinski definition) is 5. The lowest BCUT2D eigenvalue weighted by Crippen LogP contribution is -2.40. The van der Waals surface area contributed by atoms with Gasteiger partial charge in [-0.2, -0.15) is 0 Å². The molecule has 8 heteroatoms. The van der Waals surface area contributed by atoms with Crippen molar-refractivity contribution >= 4 is 22.0 Å². The number of carbonyl (C=O) groups excluding carboxylic acids is 1. The van der Waals surface area contributed by atoms with Gasteiger partial charge in [-0.25, -0.2) is 13.1 Å². The van der Waals surface area contributed by atoms with E-state index >= 15 is 0 Å². The van der Waals surface area contributed by atoms with E-state index in [4.69, 9.17) is 9.15 Å². The second kappa shape index (κ2) is 10.6. The Bertz CT molecular complexity index is 958. The smallest absolute Gasteiger partial charge is 0.246 e. The quantitative estimate of drug-likeness (QED) is 0.595. The number of benzene rings is 1.